The monoisotopic (exact) mass is 248 g/mol. The number of methoxy groups -OCH3 is 1. The number of ether oxygens (including phenoxy) is 2. The third kappa shape index (κ3) is 5.63. The van der Waals surface area contributed by atoms with Gasteiger partial charge in [0.15, 0.2) is 0 Å². The van der Waals surface area contributed by atoms with Gasteiger partial charge in [-0.1, -0.05) is 20.8 Å². The molecule has 4 nitrogen and oxygen atoms in total. The van der Waals surface area contributed by atoms with Crippen LogP contribution in [0.25, 0.3) is 0 Å². The van der Waals surface area contributed by atoms with Gasteiger partial charge in [0.25, 0.3) is 8.32 Å². The van der Waals surface area contributed by atoms with Gasteiger partial charge in [0.2, 0.25) is 0 Å². The maximum absolute atomic E-state index is 11.5. The van der Waals surface area contributed by atoms with Crippen molar-refractivity contribution in [1.82, 2.24) is 0 Å². The van der Waals surface area contributed by atoms with E-state index in [9.17, 15) is 4.79 Å². The fourth-order valence-electron chi connectivity index (χ4n) is 0.765. The zero-order valence-electron chi connectivity index (χ0n) is 11.3. The second-order valence-corrected chi connectivity index (χ2v) is 10.0. The van der Waals surface area contributed by atoms with Crippen LogP contribution in [0.15, 0.2) is 0 Å². The highest BCUT2D eigenvalue weighted by Gasteiger charge is 2.40. The molecule has 0 aromatic rings. The van der Waals surface area contributed by atoms with Crippen molar-refractivity contribution in [2.45, 2.75) is 38.9 Å². The molecule has 5 heteroatoms. The van der Waals surface area contributed by atoms with Crippen molar-refractivity contribution in [2.24, 2.45) is 0 Å². The van der Waals surface area contributed by atoms with Crippen LogP contribution >= 0.6 is 0 Å². The molecule has 0 spiro atoms. The van der Waals surface area contributed by atoms with Gasteiger partial charge < -0.3 is 13.9 Å². The highest BCUT2D eigenvalue weighted by molar-refractivity contribution is 6.75. The number of hydrogen-bond acceptors (Lipinski definition) is 4. The first-order valence-electron chi connectivity index (χ1n) is 5.49. The van der Waals surface area contributed by atoms with Crippen molar-refractivity contribution < 1.29 is 18.7 Å². The van der Waals surface area contributed by atoms with E-state index in [1.165, 1.54) is 0 Å². The lowest BCUT2D eigenvalue weighted by Crippen LogP contribution is -2.43. The molecular weight excluding hydrogens is 224 g/mol. The van der Waals surface area contributed by atoms with Gasteiger partial charge in [-0.3, -0.25) is 4.79 Å². The lowest BCUT2D eigenvalue weighted by molar-refractivity contribution is -0.141. The van der Waals surface area contributed by atoms with E-state index >= 15 is 0 Å². The van der Waals surface area contributed by atoms with E-state index in [1.54, 1.807) is 7.11 Å². The Morgan fingerprint density at radius 2 is 1.75 bits per heavy atom. The summed E-state index contributed by atoms with van der Waals surface area (Å²) in [5.41, 5.74) is 0. The standard InChI is InChI=1S/C11H24O4Si/c1-11(2,3)16(5,6)15-10(12)9-14-8-7-13-4/h7-9H2,1-6H3. The zero-order chi connectivity index (χ0) is 12.8. The third-order valence-electron chi connectivity index (χ3n) is 2.83. The second-order valence-electron chi connectivity index (χ2n) is 5.28. The van der Waals surface area contributed by atoms with E-state index in [4.69, 9.17) is 13.9 Å². The SMILES string of the molecule is COCCOCC(=O)O[Si](C)(C)C(C)(C)C. The van der Waals surface area contributed by atoms with Crippen molar-refractivity contribution >= 4 is 14.3 Å². The number of carbonyl (C=O) groups is 1. The number of hydrogen-bond donors (Lipinski definition) is 0. The highest BCUT2D eigenvalue weighted by atomic mass is 28.4. The maximum atomic E-state index is 11.5. The molecular formula is C11H24O4Si. The molecule has 0 atom stereocenters. The van der Waals surface area contributed by atoms with Crippen molar-refractivity contribution in [1.29, 1.82) is 0 Å². The Labute approximate surface area is 99.4 Å². The van der Waals surface area contributed by atoms with E-state index in [-0.39, 0.29) is 17.6 Å². The normalized spacial score (nSPS) is 12.6. The van der Waals surface area contributed by atoms with E-state index < -0.39 is 8.32 Å². The predicted octanol–water partition coefficient (Wildman–Crippen LogP) is 2.20. The molecule has 0 radical (unpaired) electrons. The Bertz CT molecular complexity index is 221. The summed E-state index contributed by atoms with van der Waals surface area (Å²) < 4.78 is 15.4. The van der Waals surface area contributed by atoms with E-state index in [0.29, 0.717) is 13.2 Å². The number of carbonyl (C=O) groups excluding carboxylic acids is 1. The van der Waals surface area contributed by atoms with Crippen LogP contribution in [-0.2, 0) is 18.7 Å². The molecule has 0 saturated carbocycles. The van der Waals surface area contributed by atoms with E-state index in [1.807, 2.05) is 13.1 Å². The molecule has 0 aromatic carbocycles. The molecule has 0 bridgehead atoms. The minimum atomic E-state index is -2.00. The van der Waals surface area contributed by atoms with Gasteiger partial charge in [-0.2, -0.15) is 0 Å². The van der Waals surface area contributed by atoms with Crippen molar-refractivity contribution in [3.63, 3.8) is 0 Å². The molecule has 0 unspecified atom stereocenters. The Balaban J connectivity index is 3.96. The van der Waals surface area contributed by atoms with Crippen LogP contribution in [0, 0.1) is 0 Å². The summed E-state index contributed by atoms with van der Waals surface area (Å²) in [5.74, 6) is -0.275. The largest absolute Gasteiger partial charge is 0.517 e. The summed E-state index contributed by atoms with van der Waals surface area (Å²) in [5, 5.41) is 0.0369. The molecule has 0 aromatic heterocycles. The van der Waals surface area contributed by atoms with Crippen molar-refractivity contribution in [3.05, 3.63) is 0 Å². The maximum Gasteiger partial charge on any atom is 0.318 e. The lowest BCUT2D eigenvalue weighted by Gasteiger charge is -2.35. The van der Waals surface area contributed by atoms with Crippen molar-refractivity contribution in [3.8, 4) is 0 Å². The molecule has 0 saturated heterocycles. The first-order chi connectivity index (χ1) is 7.20. The van der Waals surface area contributed by atoms with Gasteiger partial charge >= 0.3 is 5.97 Å². The molecule has 0 heterocycles. The Morgan fingerprint density at radius 3 is 2.19 bits per heavy atom. The van der Waals surface area contributed by atoms with Crippen LogP contribution in [0.5, 0.6) is 0 Å². The van der Waals surface area contributed by atoms with Gasteiger partial charge in [0, 0.05) is 7.11 Å². The molecule has 16 heavy (non-hydrogen) atoms. The Kier molecular flexibility index (Phi) is 6.21. The Hall–Kier alpha value is -0.393. The molecule has 0 aliphatic heterocycles. The fraction of sp³-hybridized carbons (Fsp3) is 0.909. The van der Waals surface area contributed by atoms with Crippen LogP contribution in [0.3, 0.4) is 0 Å². The first kappa shape index (κ1) is 15.6. The highest BCUT2D eigenvalue weighted by Crippen LogP contribution is 2.36. The minimum absolute atomic E-state index is 0.00979. The summed E-state index contributed by atoms with van der Waals surface area (Å²) in [6.07, 6.45) is 0. The fourth-order valence-corrected chi connectivity index (χ4v) is 1.70. The quantitative estimate of drug-likeness (QED) is 0.534. The molecule has 0 aliphatic carbocycles. The zero-order valence-corrected chi connectivity index (χ0v) is 12.3. The summed E-state index contributed by atoms with van der Waals surface area (Å²) in [6.45, 7) is 11.3. The first-order valence-corrected chi connectivity index (χ1v) is 8.40. The second kappa shape index (κ2) is 6.37. The van der Waals surface area contributed by atoms with Gasteiger partial charge in [0.05, 0.1) is 13.2 Å². The Morgan fingerprint density at radius 1 is 1.19 bits per heavy atom. The van der Waals surface area contributed by atoms with Crippen molar-refractivity contribution in [2.75, 3.05) is 26.9 Å². The average molecular weight is 248 g/mol. The van der Waals surface area contributed by atoms with Gasteiger partial charge in [-0.25, -0.2) is 0 Å². The summed E-state index contributed by atoms with van der Waals surface area (Å²) >= 11 is 0. The van der Waals surface area contributed by atoms with Crippen LogP contribution < -0.4 is 0 Å². The topological polar surface area (TPSA) is 44.8 Å². The molecule has 0 rings (SSSR count). The summed E-state index contributed by atoms with van der Waals surface area (Å²) in [4.78, 5) is 11.5. The third-order valence-corrected chi connectivity index (χ3v) is 7.18. The summed E-state index contributed by atoms with van der Waals surface area (Å²) in [7, 11) is -0.403. The number of rotatable bonds is 6. The summed E-state index contributed by atoms with van der Waals surface area (Å²) in [6, 6.07) is 0. The minimum Gasteiger partial charge on any atom is -0.517 e. The average Bonchev–Trinajstić information content (AvgIpc) is 2.10. The predicted molar refractivity (Wildman–Crippen MR) is 66.0 cm³/mol. The van der Waals surface area contributed by atoms with E-state index in [0.717, 1.165) is 0 Å². The molecule has 0 N–H and O–H groups in total. The van der Waals surface area contributed by atoms with Gasteiger partial charge in [0.1, 0.15) is 6.61 Å². The van der Waals surface area contributed by atoms with Crippen LogP contribution in [0.2, 0.25) is 18.1 Å². The van der Waals surface area contributed by atoms with Gasteiger partial charge in [-0.15, -0.1) is 0 Å². The smallest absolute Gasteiger partial charge is 0.318 e. The van der Waals surface area contributed by atoms with E-state index in [2.05, 4.69) is 20.8 Å². The molecule has 96 valence electrons. The van der Waals surface area contributed by atoms with Crippen LogP contribution in [0.1, 0.15) is 20.8 Å². The molecule has 0 aliphatic rings. The lowest BCUT2D eigenvalue weighted by atomic mass is 10.2. The van der Waals surface area contributed by atoms with Crippen LogP contribution in [0.4, 0.5) is 0 Å². The van der Waals surface area contributed by atoms with Crippen LogP contribution in [-0.4, -0.2) is 41.2 Å². The molecule has 0 amide bonds. The van der Waals surface area contributed by atoms with Gasteiger partial charge in [-0.05, 0) is 18.1 Å². The molecule has 0 fully saturated rings.